The monoisotopic (exact) mass is 462 g/mol. The van der Waals surface area contributed by atoms with E-state index in [2.05, 4.69) is 23.3 Å². The van der Waals surface area contributed by atoms with Crippen LogP contribution in [0.1, 0.15) is 39.5 Å². The van der Waals surface area contributed by atoms with E-state index in [0.717, 1.165) is 0 Å². The summed E-state index contributed by atoms with van der Waals surface area (Å²) in [6, 6.07) is -3.38. The summed E-state index contributed by atoms with van der Waals surface area (Å²) < 4.78 is 0. The van der Waals surface area contributed by atoms with Gasteiger partial charge >= 0.3 is 5.97 Å². The first-order chi connectivity index (χ1) is 14.1. The molecule has 1 fully saturated rings. The van der Waals surface area contributed by atoms with Gasteiger partial charge in [0.2, 0.25) is 17.7 Å². The summed E-state index contributed by atoms with van der Waals surface area (Å²) in [4.78, 5) is 50.9. The van der Waals surface area contributed by atoms with Gasteiger partial charge in [-0.05, 0) is 43.6 Å². The zero-order valence-electron chi connectivity index (χ0n) is 17.8. The minimum absolute atomic E-state index is 0.0537. The third-order valence-corrected chi connectivity index (χ3v) is 5.93. The van der Waals surface area contributed by atoms with Crippen molar-refractivity contribution in [1.82, 2.24) is 15.5 Å². The molecule has 0 aromatic carbocycles. The van der Waals surface area contributed by atoms with Crippen LogP contribution in [0.2, 0.25) is 0 Å². The second-order valence-electron chi connectivity index (χ2n) is 7.85. The molecule has 11 heteroatoms. The Morgan fingerprint density at radius 3 is 2.43 bits per heavy atom. The molecule has 30 heavy (non-hydrogen) atoms. The molecule has 0 radical (unpaired) electrons. The molecule has 0 aliphatic carbocycles. The number of rotatable bonds is 12. The molecule has 1 heterocycles. The van der Waals surface area contributed by atoms with Gasteiger partial charge in [-0.15, -0.1) is 0 Å². The van der Waals surface area contributed by atoms with E-state index in [-0.39, 0.29) is 23.5 Å². The summed E-state index contributed by atoms with van der Waals surface area (Å²) in [6.45, 7) is 4.30. The molecule has 1 rings (SSSR count). The predicted molar refractivity (Wildman–Crippen MR) is 121 cm³/mol. The van der Waals surface area contributed by atoms with E-state index < -0.39 is 36.0 Å². The van der Waals surface area contributed by atoms with Gasteiger partial charge in [-0.25, -0.2) is 4.79 Å². The van der Waals surface area contributed by atoms with Gasteiger partial charge in [-0.1, -0.05) is 13.8 Å². The maximum absolute atomic E-state index is 13.2. The van der Waals surface area contributed by atoms with Crippen molar-refractivity contribution < 1.29 is 24.3 Å². The van der Waals surface area contributed by atoms with Crippen LogP contribution in [0.5, 0.6) is 0 Å². The van der Waals surface area contributed by atoms with E-state index in [9.17, 15) is 19.2 Å². The quantitative estimate of drug-likeness (QED) is 0.259. The van der Waals surface area contributed by atoms with Crippen LogP contribution >= 0.6 is 24.4 Å². The molecule has 0 spiro atoms. The normalized spacial score (nSPS) is 19.3. The average Bonchev–Trinajstić information content (AvgIpc) is 3.17. The van der Waals surface area contributed by atoms with Gasteiger partial charge in [0.1, 0.15) is 18.1 Å². The van der Waals surface area contributed by atoms with Crippen molar-refractivity contribution in [2.45, 2.75) is 63.7 Å². The molecule has 9 nitrogen and oxygen atoms in total. The average molecular weight is 463 g/mol. The van der Waals surface area contributed by atoms with Gasteiger partial charge in [0, 0.05) is 12.3 Å². The summed E-state index contributed by atoms with van der Waals surface area (Å²) in [5.41, 5.74) is 5.95. The molecule has 1 aliphatic heterocycles. The highest BCUT2D eigenvalue weighted by molar-refractivity contribution is 7.98. The van der Waals surface area contributed by atoms with Crippen molar-refractivity contribution in [3.63, 3.8) is 0 Å². The highest BCUT2D eigenvalue weighted by Crippen LogP contribution is 2.20. The lowest BCUT2D eigenvalue weighted by atomic mass is 10.0. The van der Waals surface area contributed by atoms with Crippen LogP contribution in [0.15, 0.2) is 0 Å². The van der Waals surface area contributed by atoms with E-state index >= 15 is 0 Å². The number of thioether (sulfide) groups is 1. The predicted octanol–water partition coefficient (Wildman–Crippen LogP) is 0.0879. The Kier molecular flexibility index (Phi) is 11.6. The Balaban J connectivity index is 2.89. The van der Waals surface area contributed by atoms with Crippen LogP contribution in [0.4, 0.5) is 0 Å². The molecular weight excluding hydrogens is 428 g/mol. The zero-order valence-corrected chi connectivity index (χ0v) is 19.5. The number of nitrogens with one attached hydrogen (secondary N) is 2. The maximum atomic E-state index is 13.2. The van der Waals surface area contributed by atoms with E-state index in [1.807, 2.05) is 20.1 Å². The number of carboxylic acid groups (broad SMARTS) is 1. The molecule has 0 bridgehead atoms. The van der Waals surface area contributed by atoms with Gasteiger partial charge in [0.15, 0.2) is 0 Å². The van der Waals surface area contributed by atoms with E-state index in [1.165, 1.54) is 4.90 Å². The summed E-state index contributed by atoms with van der Waals surface area (Å²) in [7, 11) is 0. The molecule has 3 amide bonds. The standard InChI is InChI=1S/C19H34N4O5S2/c1-11(2)9-12(20)16(24)21-13(6-8-30-3)18(26)23-7-4-5-15(23)17(25)22-14(10-29)19(27)28/h11-15,29H,4-10,20H2,1-3H3,(H,21,24)(H,22,25)(H,27,28). The van der Waals surface area contributed by atoms with E-state index in [1.54, 1.807) is 11.8 Å². The van der Waals surface area contributed by atoms with Gasteiger partial charge < -0.3 is 26.4 Å². The number of carbonyl (C=O) groups is 4. The minimum atomic E-state index is -1.18. The number of hydrogen-bond acceptors (Lipinski definition) is 7. The lowest BCUT2D eigenvalue weighted by Crippen LogP contribution is -2.57. The SMILES string of the molecule is CSCCC(NC(=O)C(N)CC(C)C)C(=O)N1CCCC1C(=O)NC(CS)C(=O)O. The number of carbonyl (C=O) groups excluding carboxylic acids is 3. The molecule has 4 unspecified atom stereocenters. The zero-order chi connectivity index (χ0) is 22.8. The van der Waals surface area contributed by atoms with Crippen molar-refractivity contribution in [2.24, 2.45) is 11.7 Å². The van der Waals surface area contributed by atoms with Crippen molar-refractivity contribution in [3.8, 4) is 0 Å². The highest BCUT2D eigenvalue weighted by Gasteiger charge is 2.38. The number of amides is 3. The molecule has 0 saturated carbocycles. The van der Waals surface area contributed by atoms with Gasteiger partial charge in [0.05, 0.1) is 6.04 Å². The Morgan fingerprint density at radius 2 is 1.90 bits per heavy atom. The third-order valence-electron chi connectivity index (χ3n) is 4.92. The summed E-state index contributed by atoms with van der Waals surface area (Å²) in [6.07, 6.45) is 3.89. The lowest BCUT2D eigenvalue weighted by molar-refractivity contribution is -0.144. The fraction of sp³-hybridized carbons (Fsp3) is 0.789. The van der Waals surface area contributed by atoms with Crippen molar-refractivity contribution >= 4 is 48.1 Å². The van der Waals surface area contributed by atoms with E-state index in [0.29, 0.717) is 38.0 Å². The maximum Gasteiger partial charge on any atom is 0.327 e. The molecule has 5 N–H and O–H groups in total. The Morgan fingerprint density at radius 1 is 1.23 bits per heavy atom. The molecular formula is C19H34N4O5S2. The first kappa shape index (κ1) is 26.6. The highest BCUT2D eigenvalue weighted by atomic mass is 32.2. The number of nitrogens with zero attached hydrogens (tertiary/aromatic N) is 1. The summed E-state index contributed by atoms with van der Waals surface area (Å²) >= 11 is 5.50. The molecule has 1 saturated heterocycles. The second-order valence-corrected chi connectivity index (χ2v) is 9.20. The van der Waals surface area contributed by atoms with Crippen molar-refractivity contribution in [3.05, 3.63) is 0 Å². The lowest BCUT2D eigenvalue weighted by Gasteiger charge is -2.30. The third kappa shape index (κ3) is 7.99. The number of hydrogen-bond donors (Lipinski definition) is 5. The molecule has 4 atom stereocenters. The number of carboxylic acids is 1. The first-order valence-corrected chi connectivity index (χ1v) is 12.1. The van der Waals surface area contributed by atoms with Crippen LogP contribution in [0.25, 0.3) is 0 Å². The first-order valence-electron chi connectivity index (χ1n) is 10.1. The largest absolute Gasteiger partial charge is 0.480 e. The molecule has 0 aromatic rings. The number of thiol groups is 1. The van der Waals surface area contributed by atoms with Crippen LogP contribution < -0.4 is 16.4 Å². The Bertz CT molecular complexity index is 620. The minimum Gasteiger partial charge on any atom is -0.480 e. The van der Waals surface area contributed by atoms with Gasteiger partial charge in [-0.3, -0.25) is 14.4 Å². The smallest absolute Gasteiger partial charge is 0.327 e. The van der Waals surface area contributed by atoms with Crippen LogP contribution in [0, 0.1) is 5.92 Å². The molecule has 0 aromatic heterocycles. The molecule has 1 aliphatic rings. The van der Waals surface area contributed by atoms with Gasteiger partial charge in [-0.2, -0.15) is 24.4 Å². The number of likely N-dealkylation sites (tertiary alicyclic amines) is 1. The summed E-state index contributed by atoms with van der Waals surface area (Å²) in [5, 5.41) is 14.3. The van der Waals surface area contributed by atoms with Gasteiger partial charge in [0.25, 0.3) is 0 Å². The van der Waals surface area contributed by atoms with Crippen molar-refractivity contribution in [2.75, 3.05) is 24.3 Å². The topological polar surface area (TPSA) is 142 Å². The van der Waals surface area contributed by atoms with E-state index in [4.69, 9.17) is 10.8 Å². The Labute approximate surface area is 187 Å². The fourth-order valence-electron chi connectivity index (χ4n) is 3.34. The second kappa shape index (κ2) is 13.1. The molecule has 172 valence electrons. The Hall–Kier alpha value is -1.46. The number of nitrogens with two attached hydrogens (primary N) is 1. The summed E-state index contributed by atoms with van der Waals surface area (Å²) in [5.74, 6) is -1.59. The van der Waals surface area contributed by atoms with Crippen LogP contribution in [-0.4, -0.2) is 82.2 Å². The van der Waals surface area contributed by atoms with Crippen molar-refractivity contribution in [1.29, 1.82) is 0 Å². The van der Waals surface area contributed by atoms with Crippen LogP contribution in [0.3, 0.4) is 0 Å². The fourth-order valence-corrected chi connectivity index (χ4v) is 4.06. The van der Waals surface area contributed by atoms with Crippen LogP contribution in [-0.2, 0) is 19.2 Å². The number of aliphatic carboxylic acids is 1.